The monoisotopic (exact) mass is 300 g/mol. The number of hydrogen-bond donors (Lipinski definition) is 0. The zero-order valence-electron chi connectivity index (χ0n) is 12.0. The smallest absolute Gasteiger partial charge is 0.163 e. The Morgan fingerprint density at radius 2 is 1.95 bits per heavy atom. The second kappa shape index (κ2) is 7.28. The van der Waals surface area contributed by atoms with E-state index in [1.165, 1.54) is 14.0 Å². The predicted molar refractivity (Wildman–Crippen MR) is 77.4 cm³/mol. The van der Waals surface area contributed by atoms with E-state index in [0.29, 0.717) is 23.5 Å². The standard InChI is InChI=1S/C14H20O5S/c1-4-8-20(16,17)9-7-19-14-10-12(18-3)5-6-13(14)11(2)15/h5-6,10H,4,7-9H2,1-3H3. The topological polar surface area (TPSA) is 69.7 Å². The maximum absolute atomic E-state index is 11.6. The minimum absolute atomic E-state index is 0.0236. The fourth-order valence-electron chi connectivity index (χ4n) is 1.73. The van der Waals surface area contributed by atoms with Crippen LogP contribution in [0.25, 0.3) is 0 Å². The SMILES string of the molecule is CCCS(=O)(=O)CCOc1cc(OC)ccc1C(C)=O. The third kappa shape index (κ3) is 4.85. The van der Waals surface area contributed by atoms with Gasteiger partial charge >= 0.3 is 0 Å². The molecule has 20 heavy (non-hydrogen) atoms. The molecule has 0 bridgehead atoms. The molecule has 112 valence electrons. The molecule has 0 N–H and O–H groups in total. The number of ether oxygens (including phenoxy) is 2. The Morgan fingerprint density at radius 1 is 1.25 bits per heavy atom. The van der Waals surface area contributed by atoms with Crippen molar-refractivity contribution in [2.75, 3.05) is 25.2 Å². The Hall–Kier alpha value is -1.56. The first-order valence-corrected chi connectivity index (χ1v) is 8.24. The van der Waals surface area contributed by atoms with Crippen LogP contribution in [0.15, 0.2) is 18.2 Å². The predicted octanol–water partition coefficient (Wildman–Crippen LogP) is 2.10. The van der Waals surface area contributed by atoms with E-state index in [0.717, 1.165) is 0 Å². The minimum Gasteiger partial charge on any atom is -0.497 e. The molecule has 0 atom stereocenters. The van der Waals surface area contributed by atoms with Crippen molar-refractivity contribution in [2.24, 2.45) is 0 Å². The highest BCUT2D eigenvalue weighted by Crippen LogP contribution is 2.25. The summed E-state index contributed by atoms with van der Waals surface area (Å²) in [6.45, 7) is 3.27. The van der Waals surface area contributed by atoms with Gasteiger partial charge in [-0.05, 0) is 25.5 Å². The summed E-state index contributed by atoms with van der Waals surface area (Å²) in [6, 6.07) is 4.86. The van der Waals surface area contributed by atoms with Crippen molar-refractivity contribution in [3.05, 3.63) is 23.8 Å². The Kier molecular flexibility index (Phi) is 6.01. The summed E-state index contributed by atoms with van der Waals surface area (Å²) in [4.78, 5) is 11.5. The molecule has 0 aliphatic carbocycles. The number of methoxy groups -OCH3 is 1. The lowest BCUT2D eigenvalue weighted by atomic mass is 10.1. The molecule has 0 aliphatic rings. The van der Waals surface area contributed by atoms with Gasteiger partial charge in [0.1, 0.15) is 18.1 Å². The first-order chi connectivity index (χ1) is 9.39. The highest BCUT2D eigenvalue weighted by Gasteiger charge is 2.13. The largest absolute Gasteiger partial charge is 0.497 e. The van der Waals surface area contributed by atoms with Gasteiger partial charge in [-0.25, -0.2) is 8.42 Å². The van der Waals surface area contributed by atoms with Crippen molar-refractivity contribution in [3.63, 3.8) is 0 Å². The fraction of sp³-hybridized carbons (Fsp3) is 0.500. The van der Waals surface area contributed by atoms with Crippen LogP contribution in [0.2, 0.25) is 0 Å². The van der Waals surface area contributed by atoms with Crippen LogP contribution < -0.4 is 9.47 Å². The van der Waals surface area contributed by atoms with Crippen LogP contribution in [-0.2, 0) is 9.84 Å². The zero-order valence-corrected chi connectivity index (χ0v) is 12.8. The molecular weight excluding hydrogens is 280 g/mol. The van der Waals surface area contributed by atoms with Crippen molar-refractivity contribution in [1.82, 2.24) is 0 Å². The van der Waals surface area contributed by atoms with Crippen LogP contribution in [0.5, 0.6) is 11.5 Å². The molecule has 0 saturated heterocycles. The van der Waals surface area contributed by atoms with Gasteiger partial charge < -0.3 is 9.47 Å². The lowest BCUT2D eigenvalue weighted by Crippen LogP contribution is -2.17. The number of rotatable bonds is 8. The molecule has 1 rings (SSSR count). The summed E-state index contributed by atoms with van der Waals surface area (Å²) in [5, 5.41) is 0. The van der Waals surface area contributed by atoms with Crippen LogP contribution in [-0.4, -0.2) is 39.4 Å². The van der Waals surface area contributed by atoms with Crippen molar-refractivity contribution < 1.29 is 22.7 Å². The molecule has 1 aromatic rings. The summed E-state index contributed by atoms with van der Waals surface area (Å²) in [6.07, 6.45) is 0.584. The van der Waals surface area contributed by atoms with Gasteiger partial charge in [0.15, 0.2) is 15.6 Å². The average molecular weight is 300 g/mol. The Balaban J connectivity index is 2.78. The van der Waals surface area contributed by atoms with Gasteiger partial charge in [-0.2, -0.15) is 0 Å². The number of Topliss-reactive ketones (excluding diaryl/α,β-unsaturated/α-hetero) is 1. The lowest BCUT2D eigenvalue weighted by Gasteiger charge is -2.11. The lowest BCUT2D eigenvalue weighted by molar-refractivity contribution is 0.101. The molecule has 5 nitrogen and oxygen atoms in total. The number of sulfone groups is 1. The van der Waals surface area contributed by atoms with Crippen molar-refractivity contribution in [2.45, 2.75) is 20.3 Å². The normalized spacial score (nSPS) is 11.2. The van der Waals surface area contributed by atoms with E-state index in [4.69, 9.17) is 9.47 Å². The summed E-state index contributed by atoms with van der Waals surface area (Å²) in [7, 11) is -1.58. The number of carbonyl (C=O) groups excluding carboxylic acids is 1. The van der Waals surface area contributed by atoms with Crippen molar-refractivity contribution in [1.29, 1.82) is 0 Å². The molecule has 0 aromatic heterocycles. The molecule has 0 radical (unpaired) electrons. The van der Waals surface area contributed by atoms with Gasteiger partial charge in [-0.1, -0.05) is 6.92 Å². The fourth-order valence-corrected chi connectivity index (χ4v) is 2.89. The Labute approximate surface area is 119 Å². The Bertz CT molecular complexity index is 563. The molecule has 1 aromatic carbocycles. The molecule has 0 saturated carbocycles. The third-order valence-corrected chi connectivity index (χ3v) is 4.55. The third-order valence-electron chi connectivity index (χ3n) is 2.74. The summed E-state index contributed by atoms with van der Waals surface area (Å²) in [5.41, 5.74) is 0.415. The molecular formula is C14H20O5S. The van der Waals surface area contributed by atoms with Crippen LogP contribution >= 0.6 is 0 Å². The first kappa shape index (κ1) is 16.5. The highest BCUT2D eigenvalue weighted by atomic mass is 32.2. The van der Waals surface area contributed by atoms with E-state index in [-0.39, 0.29) is 23.9 Å². The van der Waals surface area contributed by atoms with E-state index >= 15 is 0 Å². The highest BCUT2D eigenvalue weighted by molar-refractivity contribution is 7.91. The summed E-state index contributed by atoms with van der Waals surface area (Å²) < 4.78 is 33.7. The second-order valence-electron chi connectivity index (χ2n) is 4.42. The van der Waals surface area contributed by atoms with Gasteiger partial charge in [-0.3, -0.25) is 4.79 Å². The van der Waals surface area contributed by atoms with E-state index in [1.54, 1.807) is 18.2 Å². The summed E-state index contributed by atoms with van der Waals surface area (Å²) in [5.74, 6) is 0.854. The van der Waals surface area contributed by atoms with Crippen LogP contribution in [0, 0.1) is 0 Å². The van der Waals surface area contributed by atoms with Crippen molar-refractivity contribution in [3.8, 4) is 11.5 Å². The van der Waals surface area contributed by atoms with E-state index in [2.05, 4.69) is 0 Å². The molecule has 0 amide bonds. The quantitative estimate of drug-likeness (QED) is 0.688. The second-order valence-corrected chi connectivity index (χ2v) is 6.72. The first-order valence-electron chi connectivity index (χ1n) is 6.42. The van der Waals surface area contributed by atoms with Crippen LogP contribution in [0.4, 0.5) is 0 Å². The average Bonchev–Trinajstić information content (AvgIpc) is 2.37. The minimum atomic E-state index is -3.09. The van der Waals surface area contributed by atoms with E-state index < -0.39 is 9.84 Å². The number of carbonyl (C=O) groups is 1. The van der Waals surface area contributed by atoms with E-state index in [9.17, 15) is 13.2 Å². The molecule has 0 fully saturated rings. The van der Waals surface area contributed by atoms with E-state index in [1.807, 2.05) is 6.92 Å². The Morgan fingerprint density at radius 3 is 2.50 bits per heavy atom. The maximum Gasteiger partial charge on any atom is 0.163 e. The van der Waals surface area contributed by atoms with Crippen LogP contribution in [0.1, 0.15) is 30.6 Å². The molecule has 0 aliphatic heterocycles. The van der Waals surface area contributed by atoms with Crippen LogP contribution in [0.3, 0.4) is 0 Å². The molecule has 0 spiro atoms. The van der Waals surface area contributed by atoms with Gasteiger partial charge in [-0.15, -0.1) is 0 Å². The maximum atomic E-state index is 11.6. The molecule has 0 unspecified atom stereocenters. The number of ketones is 1. The molecule has 6 heteroatoms. The number of benzene rings is 1. The van der Waals surface area contributed by atoms with Gasteiger partial charge in [0, 0.05) is 6.07 Å². The van der Waals surface area contributed by atoms with Gasteiger partial charge in [0.25, 0.3) is 0 Å². The number of hydrogen-bond acceptors (Lipinski definition) is 5. The van der Waals surface area contributed by atoms with Gasteiger partial charge in [0.2, 0.25) is 0 Å². The summed E-state index contributed by atoms with van der Waals surface area (Å²) >= 11 is 0. The zero-order chi connectivity index (χ0) is 15.2. The molecule has 0 heterocycles. The van der Waals surface area contributed by atoms with Gasteiger partial charge in [0.05, 0.1) is 24.2 Å². The van der Waals surface area contributed by atoms with Crippen molar-refractivity contribution >= 4 is 15.6 Å².